The lowest BCUT2D eigenvalue weighted by atomic mass is 10.0. The summed E-state index contributed by atoms with van der Waals surface area (Å²) in [6, 6.07) is 0. The topological polar surface area (TPSA) is 170 Å². The third-order valence-corrected chi connectivity index (χ3v) is 6.55. The van der Waals surface area contributed by atoms with Crippen LogP contribution in [0.15, 0.2) is 25.3 Å². The van der Waals surface area contributed by atoms with E-state index in [2.05, 4.69) is 18.5 Å². The van der Waals surface area contributed by atoms with Gasteiger partial charge in [0.15, 0.2) is 10.8 Å². The van der Waals surface area contributed by atoms with Crippen molar-refractivity contribution in [2.45, 2.75) is 39.5 Å². The van der Waals surface area contributed by atoms with Crippen molar-refractivity contribution in [1.82, 2.24) is 5.32 Å². The second-order valence-corrected chi connectivity index (χ2v) is 9.13. The summed E-state index contributed by atoms with van der Waals surface area (Å²) >= 11 is 0. The van der Waals surface area contributed by atoms with Crippen molar-refractivity contribution >= 4 is 35.9 Å². The Labute approximate surface area is 232 Å². The highest BCUT2D eigenvalue weighted by Gasteiger charge is 2.67. The average Bonchev–Trinajstić information content (AvgIpc) is 3.85. The Bertz CT molecular complexity index is 916. The van der Waals surface area contributed by atoms with Gasteiger partial charge in [-0.3, -0.25) is 24.0 Å². The van der Waals surface area contributed by atoms with E-state index in [9.17, 15) is 28.8 Å². The quantitative estimate of drug-likeness (QED) is 0.0836. The van der Waals surface area contributed by atoms with Crippen LogP contribution in [0.1, 0.15) is 39.5 Å². The Morgan fingerprint density at radius 2 is 1.18 bits per heavy atom. The fraction of sp³-hybridized carbons (Fsp3) is 0.630. The van der Waals surface area contributed by atoms with Gasteiger partial charge in [-0.1, -0.05) is 12.2 Å². The second-order valence-electron chi connectivity index (χ2n) is 9.13. The molecule has 222 valence electrons. The lowest BCUT2D eigenvalue weighted by Crippen LogP contribution is -2.34. The van der Waals surface area contributed by atoms with E-state index < -0.39 is 46.8 Å². The number of ether oxygens (including phenoxy) is 6. The minimum atomic E-state index is -1.37. The van der Waals surface area contributed by atoms with Crippen LogP contribution < -0.4 is 5.32 Å². The zero-order valence-corrected chi connectivity index (χ0v) is 22.9. The van der Waals surface area contributed by atoms with E-state index in [-0.39, 0.29) is 83.7 Å². The van der Waals surface area contributed by atoms with Crippen LogP contribution in [0.4, 0.5) is 4.79 Å². The molecule has 0 heterocycles. The van der Waals surface area contributed by atoms with Gasteiger partial charge >= 0.3 is 35.9 Å². The first-order valence-corrected chi connectivity index (χ1v) is 13.1. The number of allylic oxidation sites excluding steroid dienone is 2. The lowest BCUT2D eigenvalue weighted by Gasteiger charge is -2.14. The van der Waals surface area contributed by atoms with Gasteiger partial charge in [-0.25, -0.2) is 4.79 Å². The van der Waals surface area contributed by atoms with Gasteiger partial charge in [0, 0.05) is 18.3 Å². The van der Waals surface area contributed by atoms with E-state index >= 15 is 0 Å². The minimum Gasteiger partial charge on any atom is -0.465 e. The van der Waals surface area contributed by atoms with E-state index in [0.29, 0.717) is 0 Å². The number of rotatable bonds is 18. The molecule has 1 N–H and O–H groups in total. The van der Waals surface area contributed by atoms with Gasteiger partial charge in [0.05, 0.1) is 26.4 Å². The first kappa shape index (κ1) is 32.3. The molecule has 2 aliphatic rings. The molecular formula is C27H37NO12. The zero-order chi connectivity index (χ0) is 29.8. The molecule has 0 bridgehead atoms. The summed E-state index contributed by atoms with van der Waals surface area (Å²) in [7, 11) is 0. The standard InChI is InChI=1S/C27H37NO12/c1-5-18-16-26(18,21(30)35-7-3)23(32)38-12-9-10-20(29)37-14-15-40-25(34)28-11-13-39-24(33)27(17-19(27)6-2)22(31)36-8-4/h5-6,18-19H,1-2,7-17H2,3-4H3,(H,28,34). The van der Waals surface area contributed by atoms with E-state index in [4.69, 9.17) is 28.4 Å². The molecule has 0 aromatic heterocycles. The normalized spacial score (nSPS) is 23.9. The highest BCUT2D eigenvalue weighted by atomic mass is 16.6. The number of esters is 5. The van der Waals surface area contributed by atoms with Crippen LogP contribution >= 0.6 is 0 Å². The summed E-state index contributed by atoms with van der Waals surface area (Å²) in [5.74, 6) is -4.02. The summed E-state index contributed by atoms with van der Waals surface area (Å²) in [6.45, 7) is 10.0. The van der Waals surface area contributed by atoms with Crippen LogP contribution in [0.5, 0.6) is 0 Å². The van der Waals surface area contributed by atoms with Gasteiger partial charge in [-0.2, -0.15) is 0 Å². The Kier molecular flexibility index (Phi) is 12.1. The van der Waals surface area contributed by atoms with Crippen LogP contribution in [0, 0.1) is 22.7 Å². The predicted octanol–water partition coefficient (Wildman–Crippen LogP) is 1.63. The molecule has 2 rings (SSSR count). The Morgan fingerprint density at radius 3 is 1.65 bits per heavy atom. The van der Waals surface area contributed by atoms with E-state index in [1.165, 1.54) is 12.2 Å². The van der Waals surface area contributed by atoms with Crippen LogP contribution in [0.2, 0.25) is 0 Å². The van der Waals surface area contributed by atoms with Gasteiger partial charge in [0.25, 0.3) is 0 Å². The molecule has 2 saturated carbocycles. The molecule has 4 atom stereocenters. The summed E-state index contributed by atoms with van der Waals surface area (Å²) in [5.41, 5.74) is -2.73. The van der Waals surface area contributed by atoms with Crippen LogP contribution in [0.25, 0.3) is 0 Å². The Morgan fingerprint density at radius 1 is 0.700 bits per heavy atom. The summed E-state index contributed by atoms with van der Waals surface area (Å²) < 4.78 is 30.0. The lowest BCUT2D eigenvalue weighted by molar-refractivity contribution is -0.166. The second kappa shape index (κ2) is 15.0. The van der Waals surface area contributed by atoms with Crippen LogP contribution in [-0.2, 0) is 52.4 Å². The number of carbonyl (C=O) groups is 6. The van der Waals surface area contributed by atoms with Crippen molar-refractivity contribution in [2.75, 3.05) is 46.2 Å². The van der Waals surface area contributed by atoms with Crippen molar-refractivity contribution in [1.29, 1.82) is 0 Å². The monoisotopic (exact) mass is 567 g/mol. The van der Waals surface area contributed by atoms with Crippen molar-refractivity contribution < 1.29 is 57.2 Å². The van der Waals surface area contributed by atoms with E-state index in [0.717, 1.165) is 0 Å². The maximum absolute atomic E-state index is 12.4. The molecule has 0 radical (unpaired) electrons. The Hall–Kier alpha value is -3.90. The average molecular weight is 568 g/mol. The zero-order valence-electron chi connectivity index (χ0n) is 22.9. The number of hydrogen-bond donors (Lipinski definition) is 1. The molecule has 0 spiro atoms. The Balaban J connectivity index is 1.54. The first-order valence-electron chi connectivity index (χ1n) is 13.1. The summed E-state index contributed by atoms with van der Waals surface area (Å²) in [6.07, 6.45) is 2.87. The molecule has 40 heavy (non-hydrogen) atoms. The van der Waals surface area contributed by atoms with Gasteiger partial charge in [0.1, 0.15) is 19.8 Å². The van der Waals surface area contributed by atoms with Gasteiger partial charge < -0.3 is 33.7 Å². The van der Waals surface area contributed by atoms with Gasteiger partial charge in [-0.05, 0) is 33.1 Å². The predicted molar refractivity (Wildman–Crippen MR) is 136 cm³/mol. The number of alkyl carbamates (subject to hydrolysis) is 1. The van der Waals surface area contributed by atoms with Crippen molar-refractivity contribution in [2.24, 2.45) is 22.7 Å². The largest absolute Gasteiger partial charge is 0.465 e. The number of carbonyl (C=O) groups excluding carboxylic acids is 6. The molecule has 13 nitrogen and oxygen atoms in total. The molecule has 0 aliphatic heterocycles. The first-order chi connectivity index (χ1) is 19.1. The fourth-order valence-electron chi connectivity index (χ4n) is 4.12. The molecule has 2 aliphatic carbocycles. The van der Waals surface area contributed by atoms with Crippen molar-refractivity contribution in [3.05, 3.63) is 25.3 Å². The van der Waals surface area contributed by atoms with Crippen molar-refractivity contribution in [3.63, 3.8) is 0 Å². The van der Waals surface area contributed by atoms with Crippen molar-refractivity contribution in [3.8, 4) is 0 Å². The number of amides is 1. The molecular weight excluding hydrogens is 530 g/mol. The smallest absolute Gasteiger partial charge is 0.407 e. The summed E-state index contributed by atoms with van der Waals surface area (Å²) in [5, 5.41) is 2.37. The van der Waals surface area contributed by atoms with E-state index in [1.54, 1.807) is 13.8 Å². The SMILES string of the molecule is C=CC1CC1(C(=O)OCC)C(=O)OCCCC(=O)OCCOC(=O)NCCOC(=O)C1(C(=O)OCC)CC1C=C. The molecule has 4 unspecified atom stereocenters. The van der Waals surface area contributed by atoms with Gasteiger partial charge in [0.2, 0.25) is 0 Å². The maximum atomic E-state index is 12.4. The fourth-order valence-corrected chi connectivity index (χ4v) is 4.12. The minimum absolute atomic E-state index is 0.0534. The molecule has 1 amide bonds. The third kappa shape index (κ3) is 7.82. The molecule has 0 aromatic rings. The molecule has 13 heteroatoms. The maximum Gasteiger partial charge on any atom is 0.407 e. The third-order valence-electron chi connectivity index (χ3n) is 6.55. The summed E-state index contributed by atoms with van der Waals surface area (Å²) in [4.78, 5) is 72.6. The van der Waals surface area contributed by atoms with E-state index in [1.807, 2.05) is 0 Å². The molecule has 0 saturated heterocycles. The molecule has 2 fully saturated rings. The highest BCUT2D eigenvalue weighted by molar-refractivity contribution is 6.05. The van der Waals surface area contributed by atoms with Crippen LogP contribution in [0.3, 0.4) is 0 Å². The number of hydrogen-bond acceptors (Lipinski definition) is 12. The van der Waals surface area contributed by atoms with Crippen LogP contribution in [-0.4, -0.2) is 82.1 Å². The van der Waals surface area contributed by atoms with Gasteiger partial charge in [-0.15, -0.1) is 13.2 Å². The number of nitrogens with one attached hydrogen (secondary N) is 1. The highest BCUT2D eigenvalue weighted by Crippen LogP contribution is 2.56. The molecule has 0 aromatic carbocycles.